The fraction of sp³-hybridized carbons (Fsp3) is 0.357. The van der Waals surface area contributed by atoms with Crippen LogP contribution in [0.3, 0.4) is 0 Å². The summed E-state index contributed by atoms with van der Waals surface area (Å²) >= 11 is 0. The molecule has 0 amide bonds. The van der Waals surface area contributed by atoms with Crippen molar-refractivity contribution in [2.45, 2.75) is 6.42 Å². The Morgan fingerprint density at radius 2 is 2.11 bits per heavy atom. The lowest BCUT2D eigenvalue weighted by Crippen LogP contribution is -2.20. The van der Waals surface area contributed by atoms with Gasteiger partial charge < -0.3 is 20.1 Å². The number of fused-ring (bicyclic) bond motifs is 1. The third kappa shape index (κ3) is 3.81. The van der Waals surface area contributed by atoms with Crippen LogP contribution in [0.15, 0.2) is 35.1 Å². The van der Waals surface area contributed by atoms with Crippen molar-refractivity contribution < 1.29 is 9.84 Å². The van der Waals surface area contributed by atoms with E-state index in [-0.39, 0.29) is 12.2 Å². The fourth-order valence-electron chi connectivity index (χ4n) is 1.87. The van der Waals surface area contributed by atoms with Gasteiger partial charge in [-0.3, -0.25) is 4.79 Å². The Kier molecular flexibility index (Phi) is 4.94. The summed E-state index contributed by atoms with van der Waals surface area (Å²) in [4.78, 5) is 14.0. The van der Waals surface area contributed by atoms with Crippen LogP contribution in [0, 0.1) is 0 Å². The standard InChI is InChI=1S/C14H18N2O3/c17-9-8-15-7-2-10-19-13-4-1-3-12-11(13)5-6-14(18)16-12/h1,3-6,15,17H,2,7-10H2,(H,16,18). The zero-order valence-corrected chi connectivity index (χ0v) is 10.7. The highest BCUT2D eigenvalue weighted by molar-refractivity contribution is 5.84. The van der Waals surface area contributed by atoms with Gasteiger partial charge in [-0.2, -0.15) is 0 Å². The van der Waals surface area contributed by atoms with E-state index in [4.69, 9.17) is 9.84 Å². The first-order valence-corrected chi connectivity index (χ1v) is 6.37. The monoisotopic (exact) mass is 262 g/mol. The molecule has 1 heterocycles. The molecule has 3 N–H and O–H groups in total. The number of nitrogens with one attached hydrogen (secondary N) is 2. The van der Waals surface area contributed by atoms with E-state index < -0.39 is 0 Å². The van der Waals surface area contributed by atoms with Gasteiger partial charge in [-0.25, -0.2) is 0 Å². The molecule has 0 saturated carbocycles. The van der Waals surface area contributed by atoms with Gasteiger partial charge in [0.05, 0.1) is 18.7 Å². The molecule has 0 aliphatic carbocycles. The molecule has 0 fully saturated rings. The predicted molar refractivity (Wildman–Crippen MR) is 74.6 cm³/mol. The zero-order valence-electron chi connectivity index (χ0n) is 10.7. The van der Waals surface area contributed by atoms with Crippen LogP contribution in [0.25, 0.3) is 10.9 Å². The SMILES string of the molecule is O=c1ccc2c(OCCCNCCO)cccc2[nH]1. The minimum absolute atomic E-state index is 0.113. The number of rotatable bonds is 7. The second-order valence-electron chi connectivity index (χ2n) is 4.22. The van der Waals surface area contributed by atoms with Crippen LogP contribution in [-0.4, -0.2) is 36.4 Å². The second-order valence-corrected chi connectivity index (χ2v) is 4.22. The number of hydrogen-bond donors (Lipinski definition) is 3. The van der Waals surface area contributed by atoms with E-state index in [2.05, 4.69) is 10.3 Å². The van der Waals surface area contributed by atoms with Crippen LogP contribution >= 0.6 is 0 Å². The van der Waals surface area contributed by atoms with Gasteiger partial charge in [-0.15, -0.1) is 0 Å². The number of ether oxygens (including phenoxy) is 1. The van der Waals surface area contributed by atoms with E-state index >= 15 is 0 Å². The molecule has 102 valence electrons. The smallest absolute Gasteiger partial charge is 0.248 e. The van der Waals surface area contributed by atoms with Gasteiger partial charge in [0.1, 0.15) is 5.75 Å². The Morgan fingerprint density at radius 1 is 1.21 bits per heavy atom. The maximum atomic E-state index is 11.2. The fourth-order valence-corrected chi connectivity index (χ4v) is 1.87. The largest absolute Gasteiger partial charge is 0.493 e. The van der Waals surface area contributed by atoms with Crippen LogP contribution in [0.4, 0.5) is 0 Å². The number of aromatic nitrogens is 1. The molecular formula is C14H18N2O3. The van der Waals surface area contributed by atoms with E-state index in [9.17, 15) is 4.79 Å². The van der Waals surface area contributed by atoms with Crippen molar-refractivity contribution in [3.05, 3.63) is 40.7 Å². The summed E-state index contributed by atoms with van der Waals surface area (Å²) in [6.45, 7) is 2.16. The number of aromatic amines is 1. The van der Waals surface area contributed by atoms with Crippen LogP contribution in [0.5, 0.6) is 5.75 Å². The Hall–Kier alpha value is -1.85. The summed E-state index contributed by atoms with van der Waals surface area (Å²) in [5, 5.41) is 12.6. The summed E-state index contributed by atoms with van der Waals surface area (Å²) in [6, 6.07) is 8.87. The van der Waals surface area contributed by atoms with Gasteiger partial charge in [0.2, 0.25) is 5.56 Å². The van der Waals surface area contributed by atoms with Gasteiger partial charge in [-0.1, -0.05) is 6.07 Å². The van der Waals surface area contributed by atoms with Crippen LogP contribution < -0.4 is 15.6 Å². The summed E-state index contributed by atoms with van der Waals surface area (Å²) in [5.41, 5.74) is 0.668. The van der Waals surface area contributed by atoms with Crippen molar-refractivity contribution >= 4 is 10.9 Å². The minimum Gasteiger partial charge on any atom is -0.493 e. The molecule has 0 aliphatic rings. The highest BCUT2D eigenvalue weighted by atomic mass is 16.5. The molecule has 0 unspecified atom stereocenters. The number of aliphatic hydroxyl groups excluding tert-OH is 1. The summed E-state index contributed by atoms with van der Waals surface area (Å²) in [7, 11) is 0. The first-order valence-electron chi connectivity index (χ1n) is 6.37. The van der Waals surface area contributed by atoms with Gasteiger partial charge in [-0.05, 0) is 31.2 Å². The van der Waals surface area contributed by atoms with Crippen molar-refractivity contribution in [2.75, 3.05) is 26.3 Å². The Bertz CT molecular complexity index is 580. The Labute approximate surface area is 111 Å². The highest BCUT2D eigenvalue weighted by Gasteiger charge is 2.02. The lowest BCUT2D eigenvalue weighted by Gasteiger charge is -2.09. The minimum atomic E-state index is -0.113. The first kappa shape index (κ1) is 13.6. The number of H-pyrrole nitrogens is 1. The summed E-state index contributed by atoms with van der Waals surface area (Å²) in [6.07, 6.45) is 0.861. The molecule has 5 heteroatoms. The maximum absolute atomic E-state index is 11.2. The van der Waals surface area contributed by atoms with E-state index in [1.807, 2.05) is 18.2 Å². The molecule has 0 bridgehead atoms. The first-order chi connectivity index (χ1) is 9.31. The Morgan fingerprint density at radius 3 is 2.95 bits per heavy atom. The van der Waals surface area contributed by atoms with Crippen LogP contribution in [-0.2, 0) is 0 Å². The van der Waals surface area contributed by atoms with Gasteiger partial charge in [0, 0.05) is 18.0 Å². The average molecular weight is 262 g/mol. The molecule has 0 saturated heterocycles. The molecular weight excluding hydrogens is 244 g/mol. The average Bonchev–Trinajstić information content (AvgIpc) is 2.42. The van der Waals surface area contributed by atoms with Gasteiger partial charge in [0.15, 0.2) is 0 Å². The molecule has 2 rings (SSSR count). The lowest BCUT2D eigenvalue weighted by atomic mass is 10.2. The quantitative estimate of drug-likeness (QED) is 0.648. The zero-order chi connectivity index (χ0) is 13.5. The molecule has 0 radical (unpaired) electrons. The molecule has 1 aromatic heterocycles. The van der Waals surface area contributed by atoms with Crippen molar-refractivity contribution in [3.8, 4) is 5.75 Å². The summed E-state index contributed by atoms with van der Waals surface area (Å²) in [5.74, 6) is 0.774. The summed E-state index contributed by atoms with van der Waals surface area (Å²) < 4.78 is 5.71. The third-order valence-corrected chi connectivity index (χ3v) is 2.77. The third-order valence-electron chi connectivity index (χ3n) is 2.77. The molecule has 0 aliphatic heterocycles. The van der Waals surface area contributed by atoms with Crippen LogP contribution in [0.2, 0.25) is 0 Å². The number of aliphatic hydroxyl groups is 1. The van der Waals surface area contributed by atoms with Crippen LogP contribution in [0.1, 0.15) is 6.42 Å². The van der Waals surface area contributed by atoms with Crippen molar-refractivity contribution in [1.82, 2.24) is 10.3 Å². The Balaban J connectivity index is 1.95. The lowest BCUT2D eigenvalue weighted by molar-refractivity contribution is 0.283. The van der Waals surface area contributed by atoms with Crippen molar-refractivity contribution in [1.29, 1.82) is 0 Å². The highest BCUT2D eigenvalue weighted by Crippen LogP contribution is 2.22. The normalized spacial score (nSPS) is 10.8. The molecule has 1 aromatic carbocycles. The maximum Gasteiger partial charge on any atom is 0.248 e. The predicted octanol–water partition coefficient (Wildman–Crippen LogP) is 0.879. The number of pyridine rings is 1. The molecule has 5 nitrogen and oxygen atoms in total. The second kappa shape index (κ2) is 6.92. The van der Waals surface area contributed by atoms with Gasteiger partial charge in [0.25, 0.3) is 0 Å². The molecule has 0 spiro atoms. The topological polar surface area (TPSA) is 74.3 Å². The van der Waals surface area contributed by atoms with E-state index in [0.717, 1.165) is 29.6 Å². The van der Waals surface area contributed by atoms with E-state index in [0.29, 0.717) is 13.2 Å². The number of benzene rings is 1. The van der Waals surface area contributed by atoms with Gasteiger partial charge >= 0.3 is 0 Å². The molecule has 0 atom stereocenters. The van der Waals surface area contributed by atoms with Crippen molar-refractivity contribution in [2.24, 2.45) is 0 Å². The van der Waals surface area contributed by atoms with E-state index in [1.165, 1.54) is 6.07 Å². The molecule has 2 aromatic rings. The molecule has 19 heavy (non-hydrogen) atoms. The number of hydrogen-bond acceptors (Lipinski definition) is 4. The van der Waals surface area contributed by atoms with Crippen molar-refractivity contribution in [3.63, 3.8) is 0 Å². The van der Waals surface area contributed by atoms with E-state index in [1.54, 1.807) is 6.07 Å².